The fraction of sp³-hybridized carbons (Fsp3) is 0.474. The van der Waals surface area contributed by atoms with Crippen molar-refractivity contribution >= 4 is 28.9 Å². The second-order valence-corrected chi connectivity index (χ2v) is 13.1. The topological polar surface area (TPSA) is 145 Å². The summed E-state index contributed by atoms with van der Waals surface area (Å²) in [5.41, 5.74) is 10.4. The largest absolute Gasteiger partial charge is 0.397 e. The van der Waals surface area contributed by atoms with Gasteiger partial charge in [-0.2, -0.15) is 0 Å². The quantitative estimate of drug-likeness (QED) is 0.133. The van der Waals surface area contributed by atoms with E-state index in [4.69, 9.17) is 24.7 Å². The van der Waals surface area contributed by atoms with Gasteiger partial charge in [0.1, 0.15) is 0 Å². The van der Waals surface area contributed by atoms with Gasteiger partial charge in [-0.1, -0.05) is 55.0 Å². The van der Waals surface area contributed by atoms with E-state index in [9.17, 15) is 14.7 Å². The molecule has 1 spiro atoms. The number of hydrogen-bond acceptors (Lipinski definition) is 9. The van der Waals surface area contributed by atoms with Gasteiger partial charge in [-0.3, -0.25) is 9.59 Å². The van der Waals surface area contributed by atoms with Gasteiger partial charge in [0.05, 0.1) is 43.4 Å². The normalized spacial score (nSPS) is 22.2. The average Bonchev–Trinajstić information content (AvgIpc) is 3.58. The third kappa shape index (κ3) is 9.66. The number of piperidine rings is 1. The molecule has 3 aromatic carbocycles. The Kier molecular flexibility index (Phi) is 11.9. The highest BCUT2D eigenvalue weighted by atomic mass is 16.7. The van der Waals surface area contributed by atoms with Crippen molar-refractivity contribution in [2.45, 2.75) is 82.3 Å². The molecule has 3 atom stereocenters. The molecule has 3 aliphatic rings. The first-order valence-corrected chi connectivity index (χ1v) is 17.4. The summed E-state index contributed by atoms with van der Waals surface area (Å²) in [7, 11) is 0. The number of nitrogens with zero attached hydrogens (tertiary/aromatic N) is 1. The number of unbranched alkanes of at least 4 members (excludes halogenated alkanes) is 2. The molecule has 3 heterocycles. The number of aliphatic hydroxyl groups is 1. The molecule has 2 amide bonds. The average molecular weight is 673 g/mol. The van der Waals surface area contributed by atoms with Crippen molar-refractivity contribution in [2.75, 3.05) is 49.2 Å². The highest BCUT2D eigenvalue weighted by Crippen LogP contribution is 2.39. The van der Waals surface area contributed by atoms with Crippen LogP contribution in [-0.4, -0.2) is 66.6 Å². The number of aliphatic hydroxyl groups excluding tert-OH is 1. The number of anilines is 3. The van der Waals surface area contributed by atoms with Crippen molar-refractivity contribution < 1.29 is 33.6 Å². The number of nitrogen functional groups attached to an aromatic ring is 1. The lowest BCUT2D eigenvalue weighted by Crippen LogP contribution is -2.48. The summed E-state index contributed by atoms with van der Waals surface area (Å²) >= 11 is 0. The SMILES string of the molecule is Nc1ccccc1NC(=O)CCCCCC(=O)Nc1cccc([C@H]2O[C@@H](CN3CCC4(CC3)OCCO4)C[C@@H](c3ccc(CO)cc3)O2)c1. The first kappa shape index (κ1) is 35.0. The Morgan fingerprint density at radius 1 is 0.837 bits per heavy atom. The van der Waals surface area contributed by atoms with Gasteiger partial charge in [-0.25, -0.2) is 0 Å². The monoisotopic (exact) mass is 672 g/mol. The minimum Gasteiger partial charge on any atom is -0.397 e. The number of carbonyl (C=O) groups is 2. The van der Waals surface area contributed by atoms with Gasteiger partial charge in [0, 0.05) is 63.0 Å². The standard InChI is InChI=1S/C38H48N4O7/c39-32-9-4-5-10-33(32)41-36(45)12-3-1-2-11-35(44)40-30-8-6-7-29(23-30)37-48-31(24-34(49-37)28-15-13-27(26-43)14-16-28)25-42-19-17-38(18-20-42)46-21-22-47-38/h4-10,13-16,23,31,34,37,43H,1-3,11-12,17-22,24-26,39H2,(H,40,44)(H,41,45)/t31-,34+,37+/m1/s1. The van der Waals surface area contributed by atoms with Gasteiger partial charge in [-0.05, 0) is 48.2 Å². The maximum absolute atomic E-state index is 12.8. The van der Waals surface area contributed by atoms with E-state index in [0.717, 1.165) is 55.6 Å². The van der Waals surface area contributed by atoms with Gasteiger partial charge in [0.15, 0.2) is 12.1 Å². The molecule has 3 fully saturated rings. The smallest absolute Gasteiger partial charge is 0.224 e. The Balaban J connectivity index is 1.02. The van der Waals surface area contributed by atoms with Crippen LogP contribution in [0.3, 0.4) is 0 Å². The first-order chi connectivity index (χ1) is 23.9. The summed E-state index contributed by atoms with van der Waals surface area (Å²) < 4.78 is 25.0. The highest BCUT2D eigenvalue weighted by molar-refractivity contribution is 5.93. The maximum atomic E-state index is 12.8. The minimum absolute atomic E-state index is 0.00953. The molecule has 5 N–H and O–H groups in total. The molecule has 0 radical (unpaired) electrons. The van der Waals surface area contributed by atoms with Crippen LogP contribution >= 0.6 is 0 Å². The van der Waals surface area contributed by atoms with Crippen LogP contribution in [0.5, 0.6) is 0 Å². The van der Waals surface area contributed by atoms with Gasteiger partial charge in [0.25, 0.3) is 0 Å². The van der Waals surface area contributed by atoms with Crippen LogP contribution in [-0.2, 0) is 35.1 Å². The lowest BCUT2D eigenvalue weighted by atomic mass is 9.98. The van der Waals surface area contributed by atoms with Gasteiger partial charge < -0.3 is 45.3 Å². The van der Waals surface area contributed by atoms with Crippen molar-refractivity contribution in [3.05, 3.63) is 89.5 Å². The van der Waals surface area contributed by atoms with Crippen LogP contribution in [0.15, 0.2) is 72.8 Å². The Labute approximate surface area is 288 Å². The molecule has 11 nitrogen and oxygen atoms in total. The predicted molar refractivity (Wildman–Crippen MR) is 186 cm³/mol. The molecule has 262 valence electrons. The van der Waals surface area contributed by atoms with E-state index in [0.29, 0.717) is 62.4 Å². The molecule has 0 aliphatic carbocycles. The van der Waals surface area contributed by atoms with Crippen LogP contribution in [0.2, 0.25) is 0 Å². The van der Waals surface area contributed by atoms with Crippen LogP contribution in [0.4, 0.5) is 17.1 Å². The molecule has 3 aromatic rings. The fourth-order valence-electron chi connectivity index (χ4n) is 6.74. The molecule has 11 heteroatoms. The van der Waals surface area contributed by atoms with E-state index >= 15 is 0 Å². The van der Waals surface area contributed by atoms with Crippen LogP contribution in [0, 0.1) is 0 Å². The number of benzene rings is 3. The maximum Gasteiger partial charge on any atom is 0.224 e. The van der Waals surface area contributed by atoms with Crippen molar-refractivity contribution in [3.63, 3.8) is 0 Å². The molecule has 0 bridgehead atoms. The highest BCUT2D eigenvalue weighted by Gasteiger charge is 2.41. The van der Waals surface area contributed by atoms with Crippen LogP contribution in [0.1, 0.15) is 80.5 Å². The fourth-order valence-corrected chi connectivity index (χ4v) is 6.74. The van der Waals surface area contributed by atoms with E-state index in [1.165, 1.54) is 0 Å². The van der Waals surface area contributed by atoms with Crippen molar-refractivity contribution in [3.8, 4) is 0 Å². The number of ether oxygens (including phenoxy) is 4. The molecule has 0 aromatic heterocycles. The summed E-state index contributed by atoms with van der Waals surface area (Å²) in [5, 5.41) is 15.4. The molecule has 6 rings (SSSR count). The number of likely N-dealkylation sites (tertiary alicyclic amines) is 1. The zero-order valence-electron chi connectivity index (χ0n) is 28.0. The summed E-state index contributed by atoms with van der Waals surface area (Å²) in [5.74, 6) is -0.594. The Morgan fingerprint density at radius 3 is 2.27 bits per heavy atom. The number of nitrogens with two attached hydrogens (primary N) is 1. The zero-order valence-corrected chi connectivity index (χ0v) is 28.0. The number of amides is 2. The lowest BCUT2D eigenvalue weighted by Gasteiger charge is -2.41. The molecule has 0 unspecified atom stereocenters. The van der Waals surface area contributed by atoms with E-state index in [1.54, 1.807) is 12.1 Å². The van der Waals surface area contributed by atoms with Crippen LogP contribution < -0.4 is 16.4 Å². The summed E-state index contributed by atoms with van der Waals surface area (Å²) in [6.07, 6.45) is 4.33. The zero-order chi connectivity index (χ0) is 34.1. The summed E-state index contributed by atoms with van der Waals surface area (Å²) in [4.78, 5) is 27.5. The molecule has 3 aliphatic heterocycles. The molecule has 49 heavy (non-hydrogen) atoms. The lowest BCUT2D eigenvalue weighted by molar-refractivity contribution is -0.255. The number of rotatable bonds is 13. The van der Waals surface area contributed by atoms with E-state index in [-0.39, 0.29) is 30.6 Å². The summed E-state index contributed by atoms with van der Waals surface area (Å²) in [6, 6.07) is 22.7. The number of para-hydroxylation sites is 2. The summed E-state index contributed by atoms with van der Waals surface area (Å²) in [6.45, 7) is 3.82. The van der Waals surface area contributed by atoms with Gasteiger partial charge in [0.2, 0.25) is 11.8 Å². The van der Waals surface area contributed by atoms with E-state index in [2.05, 4.69) is 15.5 Å². The number of nitrogens with one attached hydrogen (secondary N) is 2. The van der Waals surface area contributed by atoms with Crippen molar-refractivity contribution in [2.24, 2.45) is 0 Å². The van der Waals surface area contributed by atoms with E-state index in [1.807, 2.05) is 60.7 Å². The predicted octanol–water partition coefficient (Wildman–Crippen LogP) is 5.67. The third-order valence-corrected chi connectivity index (χ3v) is 9.49. The number of hydrogen-bond donors (Lipinski definition) is 4. The van der Waals surface area contributed by atoms with E-state index < -0.39 is 12.1 Å². The Morgan fingerprint density at radius 2 is 1.55 bits per heavy atom. The van der Waals surface area contributed by atoms with Crippen LogP contribution in [0.25, 0.3) is 0 Å². The Bertz CT molecular complexity index is 1540. The third-order valence-electron chi connectivity index (χ3n) is 9.49. The first-order valence-electron chi connectivity index (χ1n) is 17.4. The van der Waals surface area contributed by atoms with Crippen molar-refractivity contribution in [1.29, 1.82) is 0 Å². The minimum atomic E-state index is -0.617. The number of carbonyl (C=O) groups excluding carboxylic acids is 2. The Hall–Kier alpha value is -3.84. The molecule has 3 saturated heterocycles. The molecular weight excluding hydrogens is 624 g/mol. The van der Waals surface area contributed by atoms with Gasteiger partial charge in [-0.15, -0.1) is 0 Å². The second kappa shape index (κ2) is 16.7. The molecular formula is C38H48N4O7. The van der Waals surface area contributed by atoms with Crippen molar-refractivity contribution in [1.82, 2.24) is 4.90 Å². The second-order valence-electron chi connectivity index (χ2n) is 13.1. The molecule has 0 saturated carbocycles. The van der Waals surface area contributed by atoms with Gasteiger partial charge >= 0.3 is 0 Å².